The molecule has 0 aliphatic carbocycles. The predicted octanol–water partition coefficient (Wildman–Crippen LogP) is 2.88. The Kier molecular flexibility index (Phi) is 12.0. The minimum Gasteiger partial charge on any atom is -0.460 e. The fourth-order valence-electron chi connectivity index (χ4n) is 3.78. The number of hydrogen-bond acceptors (Lipinski definition) is 9. The van der Waals surface area contributed by atoms with E-state index in [9.17, 15) is 14.4 Å². The van der Waals surface area contributed by atoms with Gasteiger partial charge in [-0.2, -0.15) is 0 Å². The summed E-state index contributed by atoms with van der Waals surface area (Å²) in [6.45, 7) is 14.5. The third kappa shape index (κ3) is 11.1. The van der Waals surface area contributed by atoms with Gasteiger partial charge < -0.3 is 25.4 Å². The van der Waals surface area contributed by atoms with Crippen LogP contribution in [0.25, 0.3) is 0 Å². The number of rotatable bonds is 4. The molecule has 0 bridgehead atoms. The zero-order valence-corrected chi connectivity index (χ0v) is 23.2. The summed E-state index contributed by atoms with van der Waals surface area (Å²) in [7, 11) is 0. The first-order chi connectivity index (χ1) is 16.2. The lowest BCUT2D eigenvalue weighted by molar-refractivity contribution is -0.161. The Balaban J connectivity index is 0.000000397. The zero-order chi connectivity index (χ0) is 26.2. The Morgan fingerprint density at radius 1 is 0.917 bits per heavy atom. The van der Waals surface area contributed by atoms with Gasteiger partial charge in [-0.3, -0.25) is 14.4 Å². The van der Waals surface area contributed by atoms with Crippen LogP contribution in [0, 0.1) is 11.8 Å². The summed E-state index contributed by atoms with van der Waals surface area (Å²) < 4.78 is 10.7. The van der Waals surface area contributed by atoms with E-state index in [4.69, 9.17) is 15.2 Å². The lowest BCUT2D eigenvalue weighted by Gasteiger charge is -2.32. The SMILES string of the molecule is CC(C)(C)OC(=O)C1CCN(c2nccc(C(N)=O)n2)CC1.CC(C)(C)OC(=O)C1CCNCC1.Cl. The van der Waals surface area contributed by atoms with Crippen molar-refractivity contribution in [3.63, 3.8) is 0 Å². The van der Waals surface area contributed by atoms with Gasteiger partial charge in [0.05, 0.1) is 11.8 Å². The third-order valence-corrected chi connectivity index (χ3v) is 5.49. The van der Waals surface area contributed by atoms with Crippen LogP contribution in [0.3, 0.4) is 0 Å². The molecule has 0 aromatic carbocycles. The van der Waals surface area contributed by atoms with Gasteiger partial charge in [-0.05, 0) is 86.4 Å². The van der Waals surface area contributed by atoms with Crippen molar-refractivity contribution >= 4 is 36.2 Å². The second kappa shape index (κ2) is 13.7. The number of ether oxygens (including phenoxy) is 2. The van der Waals surface area contributed by atoms with Crippen LogP contribution in [0.1, 0.15) is 77.7 Å². The minimum atomic E-state index is -0.577. The Hall–Kier alpha value is -2.46. The Morgan fingerprint density at radius 3 is 1.83 bits per heavy atom. The molecule has 2 aliphatic rings. The van der Waals surface area contributed by atoms with Crippen LogP contribution in [0.4, 0.5) is 5.95 Å². The van der Waals surface area contributed by atoms with Gasteiger partial charge in [0.15, 0.2) is 0 Å². The van der Waals surface area contributed by atoms with Crippen molar-refractivity contribution in [3.05, 3.63) is 18.0 Å². The number of nitrogens with zero attached hydrogens (tertiary/aromatic N) is 3. The van der Waals surface area contributed by atoms with Gasteiger partial charge in [-0.15, -0.1) is 12.4 Å². The smallest absolute Gasteiger partial charge is 0.309 e. The molecule has 0 radical (unpaired) electrons. The molecule has 1 aromatic heterocycles. The lowest BCUT2D eigenvalue weighted by atomic mass is 9.97. The number of piperidine rings is 2. The topological polar surface area (TPSA) is 137 Å². The first-order valence-electron chi connectivity index (χ1n) is 12.3. The maximum atomic E-state index is 12.1. The minimum absolute atomic E-state index is 0. The zero-order valence-electron chi connectivity index (χ0n) is 22.3. The number of nitrogens with two attached hydrogens (primary N) is 1. The quantitative estimate of drug-likeness (QED) is 0.566. The standard InChI is InChI=1S/C15H22N4O3.C10H19NO2.ClH/c1-15(2,3)22-13(21)10-5-8-19(9-6-10)14-17-7-4-11(18-14)12(16)20;1-10(2,3)13-9(12)8-4-6-11-7-5-8;/h4,7,10H,5-6,8-9H2,1-3H3,(H2,16,20);8,11H,4-7H2,1-3H3;1H. The fraction of sp³-hybridized carbons (Fsp3) is 0.720. The van der Waals surface area contributed by atoms with Gasteiger partial charge in [-0.1, -0.05) is 0 Å². The number of aromatic nitrogens is 2. The number of carbonyl (C=O) groups is 3. The van der Waals surface area contributed by atoms with E-state index in [1.54, 1.807) is 0 Å². The van der Waals surface area contributed by atoms with Crippen LogP contribution in [-0.2, 0) is 19.1 Å². The second-order valence-corrected chi connectivity index (χ2v) is 11.0. The second-order valence-electron chi connectivity index (χ2n) is 11.0. The van der Waals surface area contributed by atoms with Crippen molar-refractivity contribution in [1.29, 1.82) is 0 Å². The first-order valence-corrected chi connectivity index (χ1v) is 12.3. The monoisotopic (exact) mass is 527 g/mol. The highest BCUT2D eigenvalue weighted by molar-refractivity contribution is 5.90. The third-order valence-electron chi connectivity index (χ3n) is 5.49. The Bertz CT molecular complexity index is 870. The number of carbonyl (C=O) groups excluding carboxylic acids is 3. The summed E-state index contributed by atoms with van der Waals surface area (Å²) in [6, 6.07) is 1.49. The van der Waals surface area contributed by atoms with E-state index in [0.717, 1.165) is 25.9 Å². The molecule has 2 saturated heterocycles. The van der Waals surface area contributed by atoms with Gasteiger partial charge in [-0.25, -0.2) is 9.97 Å². The van der Waals surface area contributed by atoms with Crippen molar-refractivity contribution in [2.45, 2.75) is 78.4 Å². The molecule has 3 rings (SSSR count). The Morgan fingerprint density at radius 2 is 1.39 bits per heavy atom. The molecule has 2 fully saturated rings. The van der Waals surface area contributed by atoms with Crippen molar-refractivity contribution < 1.29 is 23.9 Å². The molecule has 1 amide bonds. The van der Waals surface area contributed by atoms with Gasteiger partial charge in [0.1, 0.15) is 16.9 Å². The number of hydrogen-bond donors (Lipinski definition) is 2. The summed E-state index contributed by atoms with van der Waals surface area (Å²) >= 11 is 0. The van der Waals surface area contributed by atoms with E-state index in [0.29, 0.717) is 31.9 Å². The molecule has 2 aliphatic heterocycles. The first kappa shape index (κ1) is 31.6. The van der Waals surface area contributed by atoms with Gasteiger partial charge in [0.25, 0.3) is 5.91 Å². The number of nitrogens with one attached hydrogen (secondary N) is 1. The number of halogens is 1. The molecule has 0 spiro atoms. The van der Waals surface area contributed by atoms with Crippen LogP contribution in [-0.4, -0.2) is 65.2 Å². The van der Waals surface area contributed by atoms with Crippen LogP contribution in [0.2, 0.25) is 0 Å². The van der Waals surface area contributed by atoms with E-state index in [1.165, 1.54) is 12.3 Å². The number of amides is 1. The van der Waals surface area contributed by atoms with E-state index < -0.39 is 11.5 Å². The van der Waals surface area contributed by atoms with Crippen LogP contribution < -0.4 is 16.0 Å². The maximum absolute atomic E-state index is 12.1. The summed E-state index contributed by atoms with van der Waals surface area (Å²) in [4.78, 5) is 45.1. The fourth-order valence-corrected chi connectivity index (χ4v) is 3.78. The van der Waals surface area contributed by atoms with Crippen molar-refractivity contribution in [2.75, 3.05) is 31.1 Å². The summed E-state index contributed by atoms with van der Waals surface area (Å²) in [5.41, 5.74) is 4.61. The maximum Gasteiger partial charge on any atom is 0.309 e. The molecular formula is C25H42ClN5O5. The number of anilines is 1. The molecule has 204 valence electrons. The molecule has 0 saturated carbocycles. The summed E-state index contributed by atoms with van der Waals surface area (Å²) in [5, 5.41) is 3.22. The molecular weight excluding hydrogens is 486 g/mol. The number of primary amides is 1. The number of esters is 2. The van der Waals surface area contributed by atoms with Gasteiger partial charge >= 0.3 is 11.9 Å². The summed E-state index contributed by atoms with van der Waals surface area (Å²) in [5.74, 6) is -0.283. The predicted molar refractivity (Wildman–Crippen MR) is 140 cm³/mol. The molecule has 0 atom stereocenters. The van der Waals surface area contributed by atoms with Crippen molar-refractivity contribution in [1.82, 2.24) is 15.3 Å². The van der Waals surface area contributed by atoms with Crippen LogP contribution >= 0.6 is 12.4 Å². The summed E-state index contributed by atoms with van der Waals surface area (Å²) in [6.07, 6.45) is 4.70. The van der Waals surface area contributed by atoms with Gasteiger partial charge in [0, 0.05) is 19.3 Å². The lowest BCUT2D eigenvalue weighted by Crippen LogP contribution is -2.39. The molecule has 0 unspecified atom stereocenters. The molecule has 10 nitrogen and oxygen atoms in total. The molecule has 11 heteroatoms. The van der Waals surface area contributed by atoms with Crippen molar-refractivity contribution in [2.24, 2.45) is 17.6 Å². The average Bonchev–Trinajstić information content (AvgIpc) is 2.78. The van der Waals surface area contributed by atoms with E-state index >= 15 is 0 Å². The van der Waals surface area contributed by atoms with Crippen LogP contribution in [0.5, 0.6) is 0 Å². The largest absolute Gasteiger partial charge is 0.460 e. The normalized spacial score (nSPS) is 17.2. The van der Waals surface area contributed by atoms with E-state index in [1.807, 2.05) is 46.4 Å². The highest BCUT2D eigenvalue weighted by Gasteiger charge is 2.30. The molecule has 3 N–H and O–H groups in total. The van der Waals surface area contributed by atoms with E-state index in [2.05, 4.69) is 15.3 Å². The van der Waals surface area contributed by atoms with Crippen molar-refractivity contribution in [3.8, 4) is 0 Å². The molecule has 1 aromatic rings. The van der Waals surface area contributed by atoms with Crippen LogP contribution in [0.15, 0.2) is 12.3 Å². The van der Waals surface area contributed by atoms with Gasteiger partial charge in [0.2, 0.25) is 5.95 Å². The highest BCUT2D eigenvalue weighted by atomic mass is 35.5. The highest BCUT2D eigenvalue weighted by Crippen LogP contribution is 2.23. The van der Waals surface area contributed by atoms with E-state index in [-0.39, 0.29) is 47.5 Å². The Labute approximate surface area is 220 Å². The average molecular weight is 528 g/mol. The molecule has 3 heterocycles. The molecule has 36 heavy (non-hydrogen) atoms.